The van der Waals surface area contributed by atoms with Gasteiger partial charge >= 0.3 is 0 Å². The van der Waals surface area contributed by atoms with Gasteiger partial charge in [0.2, 0.25) is 0 Å². The lowest BCUT2D eigenvalue weighted by Crippen LogP contribution is -2.39. The molecule has 0 fully saturated rings. The number of aliphatic hydroxyl groups excluding tert-OH is 1. The second-order valence-corrected chi connectivity index (χ2v) is 3.97. The average molecular weight is 208 g/mol. The highest BCUT2D eigenvalue weighted by Gasteiger charge is 2.18. The maximum Gasteiger partial charge on any atom is 0.0601 e. The van der Waals surface area contributed by atoms with Crippen molar-refractivity contribution in [2.75, 3.05) is 13.7 Å². The number of aliphatic hydroxyl groups is 1. The summed E-state index contributed by atoms with van der Waals surface area (Å²) >= 11 is 0. The third-order valence-corrected chi connectivity index (χ3v) is 2.71. The first-order chi connectivity index (χ1) is 7.10. The number of rotatable bonds is 4. The molecule has 4 N–H and O–H groups in total. The van der Waals surface area contributed by atoms with Crippen LogP contribution in [0.25, 0.3) is 0 Å². The van der Waals surface area contributed by atoms with Gasteiger partial charge in [-0.05, 0) is 32.0 Å². The zero-order valence-electron chi connectivity index (χ0n) is 9.62. The average Bonchev–Trinajstić information content (AvgIpc) is 2.21. The van der Waals surface area contributed by atoms with E-state index in [9.17, 15) is 0 Å². The molecule has 0 aliphatic heterocycles. The molecule has 3 heteroatoms. The summed E-state index contributed by atoms with van der Waals surface area (Å²) in [4.78, 5) is 0. The second-order valence-electron chi connectivity index (χ2n) is 3.97. The fourth-order valence-corrected chi connectivity index (χ4v) is 1.88. The van der Waals surface area contributed by atoms with Crippen molar-refractivity contribution in [3.63, 3.8) is 0 Å². The number of nitrogens with one attached hydrogen (secondary N) is 1. The normalized spacial score (nSPS) is 15.0. The van der Waals surface area contributed by atoms with Crippen LogP contribution in [0.3, 0.4) is 0 Å². The molecule has 84 valence electrons. The minimum atomic E-state index is -0.267. The first-order valence-electron chi connectivity index (χ1n) is 5.21. The molecular weight excluding hydrogens is 188 g/mol. The molecule has 0 aromatic heterocycles. The molecule has 0 amide bonds. The topological polar surface area (TPSA) is 58.3 Å². The Bertz CT molecular complexity index is 325. The summed E-state index contributed by atoms with van der Waals surface area (Å²) in [6.45, 7) is 4.12. The summed E-state index contributed by atoms with van der Waals surface area (Å²) in [6.07, 6.45) is 0. The Morgan fingerprint density at radius 3 is 2.53 bits per heavy atom. The Morgan fingerprint density at radius 1 is 1.40 bits per heavy atom. The Morgan fingerprint density at radius 2 is 2.07 bits per heavy atom. The quantitative estimate of drug-likeness (QED) is 0.688. The van der Waals surface area contributed by atoms with Gasteiger partial charge in [0.1, 0.15) is 0 Å². The van der Waals surface area contributed by atoms with E-state index < -0.39 is 0 Å². The van der Waals surface area contributed by atoms with Crippen LogP contribution in [0.1, 0.15) is 22.7 Å². The van der Waals surface area contributed by atoms with Crippen LogP contribution in [0.15, 0.2) is 18.2 Å². The molecule has 0 bridgehead atoms. The molecule has 0 saturated carbocycles. The predicted molar refractivity (Wildman–Crippen MR) is 62.8 cm³/mol. The van der Waals surface area contributed by atoms with Crippen molar-refractivity contribution < 1.29 is 5.11 Å². The first-order valence-corrected chi connectivity index (χ1v) is 5.21. The summed E-state index contributed by atoms with van der Waals surface area (Å²) < 4.78 is 0. The molecular formula is C12H20N2O. The molecule has 0 spiro atoms. The van der Waals surface area contributed by atoms with Gasteiger partial charge in [-0.25, -0.2) is 0 Å². The van der Waals surface area contributed by atoms with E-state index in [4.69, 9.17) is 10.8 Å². The van der Waals surface area contributed by atoms with Crippen LogP contribution >= 0.6 is 0 Å². The highest BCUT2D eigenvalue weighted by Crippen LogP contribution is 2.20. The maximum atomic E-state index is 9.08. The standard InChI is InChI=1S/C12H20N2O/c1-8-4-5-10(9(2)6-8)12(14-3)11(13)7-15/h4-6,11-12,14-15H,7,13H2,1-3H3. The summed E-state index contributed by atoms with van der Waals surface area (Å²) in [5.41, 5.74) is 9.46. The van der Waals surface area contributed by atoms with Gasteiger partial charge in [0.05, 0.1) is 6.61 Å². The first kappa shape index (κ1) is 12.2. The van der Waals surface area contributed by atoms with Gasteiger partial charge in [0.25, 0.3) is 0 Å². The van der Waals surface area contributed by atoms with E-state index in [1.54, 1.807) is 0 Å². The fraction of sp³-hybridized carbons (Fsp3) is 0.500. The van der Waals surface area contributed by atoms with Crippen LogP contribution < -0.4 is 11.1 Å². The molecule has 1 aromatic rings. The molecule has 3 nitrogen and oxygen atoms in total. The SMILES string of the molecule is CNC(c1ccc(C)cc1C)C(N)CO. The van der Waals surface area contributed by atoms with Crippen molar-refractivity contribution in [1.29, 1.82) is 0 Å². The van der Waals surface area contributed by atoms with Crippen molar-refractivity contribution in [2.45, 2.75) is 25.9 Å². The predicted octanol–water partition coefficient (Wildman–Crippen LogP) is 0.884. The molecule has 2 atom stereocenters. The summed E-state index contributed by atoms with van der Waals surface area (Å²) in [7, 11) is 1.86. The zero-order chi connectivity index (χ0) is 11.4. The van der Waals surface area contributed by atoms with E-state index in [1.807, 2.05) is 7.05 Å². The fourth-order valence-electron chi connectivity index (χ4n) is 1.88. The van der Waals surface area contributed by atoms with Gasteiger partial charge in [-0.15, -0.1) is 0 Å². The number of likely N-dealkylation sites (N-methyl/N-ethyl adjacent to an activating group) is 1. The van der Waals surface area contributed by atoms with Gasteiger partial charge in [0.15, 0.2) is 0 Å². The van der Waals surface area contributed by atoms with Gasteiger partial charge < -0.3 is 16.2 Å². The highest BCUT2D eigenvalue weighted by atomic mass is 16.3. The van der Waals surface area contributed by atoms with E-state index >= 15 is 0 Å². The van der Waals surface area contributed by atoms with Crippen molar-refractivity contribution in [2.24, 2.45) is 5.73 Å². The van der Waals surface area contributed by atoms with Crippen LogP contribution in [0.5, 0.6) is 0 Å². The van der Waals surface area contributed by atoms with E-state index in [2.05, 4.69) is 37.4 Å². The molecule has 0 heterocycles. The van der Waals surface area contributed by atoms with Crippen LogP contribution in [-0.4, -0.2) is 24.8 Å². The number of nitrogens with two attached hydrogens (primary N) is 1. The van der Waals surface area contributed by atoms with Crippen LogP contribution in [0.2, 0.25) is 0 Å². The largest absolute Gasteiger partial charge is 0.395 e. The van der Waals surface area contributed by atoms with E-state index in [0.717, 1.165) is 5.56 Å². The number of hydrogen-bond acceptors (Lipinski definition) is 3. The number of hydrogen-bond donors (Lipinski definition) is 3. The van der Waals surface area contributed by atoms with E-state index in [-0.39, 0.29) is 18.7 Å². The Labute approximate surface area is 91.3 Å². The van der Waals surface area contributed by atoms with Gasteiger partial charge in [-0.3, -0.25) is 0 Å². The lowest BCUT2D eigenvalue weighted by Gasteiger charge is -2.24. The van der Waals surface area contributed by atoms with E-state index in [1.165, 1.54) is 11.1 Å². The molecule has 0 aliphatic rings. The number of benzene rings is 1. The molecule has 2 unspecified atom stereocenters. The smallest absolute Gasteiger partial charge is 0.0601 e. The molecule has 0 radical (unpaired) electrons. The molecule has 1 aromatic carbocycles. The maximum absolute atomic E-state index is 9.08. The summed E-state index contributed by atoms with van der Waals surface area (Å²) in [5, 5.41) is 12.2. The minimum absolute atomic E-state index is 0.00981. The van der Waals surface area contributed by atoms with Gasteiger partial charge in [0, 0.05) is 12.1 Å². The van der Waals surface area contributed by atoms with E-state index in [0.29, 0.717) is 0 Å². The zero-order valence-corrected chi connectivity index (χ0v) is 9.62. The highest BCUT2D eigenvalue weighted by molar-refractivity contribution is 5.33. The Kier molecular flexibility index (Phi) is 4.27. The second kappa shape index (κ2) is 5.26. The minimum Gasteiger partial charge on any atom is -0.395 e. The third kappa shape index (κ3) is 2.78. The lowest BCUT2D eigenvalue weighted by atomic mass is 9.95. The third-order valence-electron chi connectivity index (χ3n) is 2.71. The van der Waals surface area contributed by atoms with Crippen LogP contribution in [0.4, 0.5) is 0 Å². The lowest BCUT2D eigenvalue weighted by molar-refractivity contribution is 0.240. The number of aryl methyl sites for hydroxylation is 2. The van der Waals surface area contributed by atoms with Gasteiger partial charge in [-0.2, -0.15) is 0 Å². The van der Waals surface area contributed by atoms with Crippen molar-refractivity contribution in [1.82, 2.24) is 5.32 Å². The molecule has 1 rings (SSSR count). The van der Waals surface area contributed by atoms with Gasteiger partial charge in [-0.1, -0.05) is 23.8 Å². The Balaban J connectivity index is 3.01. The molecule has 0 aliphatic carbocycles. The van der Waals surface area contributed by atoms with Crippen molar-refractivity contribution in [3.8, 4) is 0 Å². The van der Waals surface area contributed by atoms with Crippen molar-refractivity contribution >= 4 is 0 Å². The molecule has 15 heavy (non-hydrogen) atoms. The van der Waals surface area contributed by atoms with Crippen LogP contribution in [0, 0.1) is 13.8 Å². The monoisotopic (exact) mass is 208 g/mol. The Hall–Kier alpha value is -0.900. The molecule has 0 saturated heterocycles. The summed E-state index contributed by atoms with van der Waals surface area (Å²) in [5.74, 6) is 0. The van der Waals surface area contributed by atoms with Crippen LogP contribution in [-0.2, 0) is 0 Å². The summed E-state index contributed by atoms with van der Waals surface area (Å²) in [6, 6.07) is 6.01. The van der Waals surface area contributed by atoms with Crippen molar-refractivity contribution in [3.05, 3.63) is 34.9 Å².